The molecule has 0 atom stereocenters. The van der Waals surface area contributed by atoms with E-state index in [1.165, 1.54) is 30.5 Å². The molecule has 0 saturated carbocycles. The Balaban J connectivity index is 1.76. The number of anilines is 2. The van der Waals surface area contributed by atoms with E-state index in [9.17, 15) is 14.0 Å². The maximum atomic E-state index is 13.5. The van der Waals surface area contributed by atoms with Crippen molar-refractivity contribution in [1.29, 1.82) is 0 Å². The Morgan fingerprint density at radius 3 is 2.43 bits per heavy atom. The second kappa shape index (κ2) is 10.5. The van der Waals surface area contributed by atoms with Crippen molar-refractivity contribution in [1.82, 2.24) is 15.1 Å². The van der Waals surface area contributed by atoms with Gasteiger partial charge in [0, 0.05) is 17.8 Å². The molecular weight excluding hydrogens is 451 g/mol. The van der Waals surface area contributed by atoms with Crippen molar-refractivity contribution >= 4 is 17.3 Å². The Morgan fingerprint density at radius 2 is 1.74 bits per heavy atom. The predicted octanol–water partition coefficient (Wildman–Crippen LogP) is 4.67. The van der Waals surface area contributed by atoms with E-state index in [1.54, 1.807) is 55.6 Å². The third-order valence-electron chi connectivity index (χ3n) is 5.03. The monoisotopic (exact) mass is 474 g/mol. The molecule has 35 heavy (non-hydrogen) atoms. The molecule has 0 unspecified atom stereocenters. The standard InChI is InChI=1S/C26H23FN4O4/c1-3-28-25(32)17-5-4-6-19(15-17)30-24-23(35-22-13-11-21(34-2)12-14-22)16-29-31(26(24)33)20-9-7-18(27)8-10-20/h4-16,30H,3H2,1-2H3,(H,28,32). The average Bonchev–Trinajstić information content (AvgIpc) is 2.88. The number of methoxy groups -OCH3 is 1. The lowest BCUT2D eigenvalue weighted by Gasteiger charge is -2.15. The lowest BCUT2D eigenvalue weighted by molar-refractivity contribution is 0.0956. The molecule has 3 aromatic carbocycles. The Kier molecular flexibility index (Phi) is 7.06. The molecule has 178 valence electrons. The molecule has 4 aromatic rings. The second-order valence-electron chi connectivity index (χ2n) is 7.42. The largest absolute Gasteiger partial charge is 0.497 e. The van der Waals surface area contributed by atoms with Gasteiger partial charge in [-0.25, -0.2) is 4.39 Å². The Labute approximate surface area is 200 Å². The third-order valence-corrected chi connectivity index (χ3v) is 5.03. The number of aromatic nitrogens is 2. The summed E-state index contributed by atoms with van der Waals surface area (Å²) in [6.45, 7) is 2.32. The number of nitrogens with one attached hydrogen (secondary N) is 2. The van der Waals surface area contributed by atoms with Crippen LogP contribution in [0.5, 0.6) is 17.2 Å². The topological polar surface area (TPSA) is 94.5 Å². The summed E-state index contributed by atoms with van der Waals surface area (Å²) >= 11 is 0. The van der Waals surface area contributed by atoms with Crippen LogP contribution < -0.4 is 25.7 Å². The highest BCUT2D eigenvalue weighted by molar-refractivity contribution is 5.95. The molecule has 0 bridgehead atoms. The van der Waals surface area contributed by atoms with Crippen LogP contribution in [-0.4, -0.2) is 29.3 Å². The van der Waals surface area contributed by atoms with Gasteiger partial charge < -0.3 is 20.1 Å². The van der Waals surface area contributed by atoms with Gasteiger partial charge in [0.25, 0.3) is 11.5 Å². The summed E-state index contributed by atoms with van der Waals surface area (Å²) < 4.78 is 25.7. The molecule has 9 heteroatoms. The van der Waals surface area contributed by atoms with Crippen molar-refractivity contribution in [3.05, 3.63) is 101 Å². The van der Waals surface area contributed by atoms with Crippen LogP contribution in [0.15, 0.2) is 83.8 Å². The van der Waals surface area contributed by atoms with Gasteiger partial charge >= 0.3 is 0 Å². The second-order valence-corrected chi connectivity index (χ2v) is 7.42. The van der Waals surface area contributed by atoms with Crippen LogP contribution in [0.1, 0.15) is 17.3 Å². The zero-order chi connectivity index (χ0) is 24.8. The molecule has 0 aliphatic rings. The smallest absolute Gasteiger partial charge is 0.299 e. The quantitative estimate of drug-likeness (QED) is 0.386. The molecule has 8 nitrogen and oxygen atoms in total. The van der Waals surface area contributed by atoms with Crippen molar-refractivity contribution in [3.63, 3.8) is 0 Å². The molecule has 0 saturated heterocycles. The van der Waals surface area contributed by atoms with E-state index >= 15 is 0 Å². The van der Waals surface area contributed by atoms with Crippen LogP contribution >= 0.6 is 0 Å². The van der Waals surface area contributed by atoms with E-state index in [-0.39, 0.29) is 17.3 Å². The van der Waals surface area contributed by atoms with Crippen molar-refractivity contribution in [3.8, 4) is 22.9 Å². The SMILES string of the molecule is CCNC(=O)c1cccc(Nc2c(Oc3ccc(OC)cc3)cnn(-c3ccc(F)cc3)c2=O)c1. The highest BCUT2D eigenvalue weighted by Gasteiger charge is 2.16. The summed E-state index contributed by atoms with van der Waals surface area (Å²) in [5.74, 6) is 0.626. The van der Waals surface area contributed by atoms with Gasteiger partial charge in [-0.1, -0.05) is 6.07 Å². The van der Waals surface area contributed by atoms with Crippen LogP contribution in [0.3, 0.4) is 0 Å². The van der Waals surface area contributed by atoms with Crippen LogP contribution in [0.25, 0.3) is 5.69 Å². The van der Waals surface area contributed by atoms with Crippen LogP contribution in [0, 0.1) is 5.82 Å². The minimum absolute atomic E-state index is 0.0909. The number of hydrogen-bond donors (Lipinski definition) is 2. The number of benzene rings is 3. The molecule has 2 N–H and O–H groups in total. The van der Waals surface area contributed by atoms with E-state index in [4.69, 9.17) is 9.47 Å². The first-order valence-electron chi connectivity index (χ1n) is 10.8. The number of carbonyl (C=O) groups is 1. The first-order chi connectivity index (χ1) is 17.0. The van der Waals surface area contributed by atoms with Gasteiger partial charge in [-0.2, -0.15) is 9.78 Å². The fourth-order valence-corrected chi connectivity index (χ4v) is 3.31. The Bertz CT molecular complexity index is 1390. The van der Waals surface area contributed by atoms with Gasteiger partial charge in [-0.05, 0) is 73.7 Å². The summed E-state index contributed by atoms with van der Waals surface area (Å²) in [6.07, 6.45) is 1.39. The number of amides is 1. The molecule has 0 radical (unpaired) electrons. The molecule has 1 aromatic heterocycles. The van der Waals surface area contributed by atoms with Crippen LogP contribution in [0.4, 0.5) is 15.8 Å². The normalized spacial score (nSPS) is 10.5. The number of rotatable bonds is 8. The first-order valence-corrected chi connectivity index (χ1v) is 10.8. The van der Waals surface area contributed by atoms with E-state index < -0.39 is 11.4 Å². The number of halogens is 1. The van der Waals surface area contributed by atoms with Crippen molar-refractivity contribution in [2.24, 2.45) is 0 Å². The lowest BCUT2D eigenvalue weighted by Crippen LogP contribution is -2.24. The zero-order valence-corrected chi connectivity index (χ0v) is 19.1. The third kappa shape index (κ3) is 5.47. The van der Waals surface area contributed by atoms with E-state index in [0.717, 1.165) is 4.68 Å². The molecule has 1 heterocycles. The van der Waals surface area contributed by atoms with E-state index in [1.807, 2.05) is 6.92 Å². The van der Waals surface area contributed by atoms with Gasteiger partial charge in [0.2, 0.25) is 0 Å². The van der Waals surface area contributed by atoms with Crippen molar-refractivity contribution < 1.29 is 18.7 Å². The minimum Gasteiger partial charge on any atom is -0.497 e. The number of hydrogen-bond acceptors (Lipinski definition) is 6. The number of carbonyl (C=O) groups excluding carboxylic acids is 1. The summed E-state index contributed by atoms with van der Waals surface area (Å²) in [5, 5.41) is 10.0. The maximum Gasteiger partial charge on any atom is 0.299 e. The van der Waals surface area contributed by atoms with Gasteiger partial charge in [0.05, 0.1) is 19.0 Å². The minimum atomic E-state index is -0.522. The van der Waals surface area contributed by atoms with E-state index in [2.05, 4.69) is 15.7 Å². The lowest BCUT2D eigenvalue weighted by atomic mass is 10.2. The van der Waals surface area contributed by atoms with Gasteiger partial charge in [-0.3, -0.25) is 9.59 Å². The first kappa shape index (κ1) is 23.5. The summed E-state index contributed by atoms with van der Waals surface area (Å²) in [7, 11) is 1.56. The molecule has 0 aliphatic heterocycles. The van der Waals surface area contributed by atoms with Crippen molar-refractivity contribution in [2.45, 2.75) is 6.92 Å². The predicted molar refractivity (Wildman–Crippen MR) is 131 cm³/mol. The Hall–Kier alpha value is -4.66. The van der Waals surface area contributed by atoms with Crippen molar-refractivity contribution in [2.75, 3.05) is 19.0 Å². The Morgan fingerprint density at radius 1 is 1.03 bits per heavy atom. The number of ether oxygens (including phenoxy) is 2. The zero-order valence-electron chi connectivity index (χ0n) is 19.1. The fraction of sp³-hybridized carbons (Fsp3) is 0.115. The summed E-state index contributed by atoms with van der Waals surface area (Å²) in [5.41, 5.74) is 0.885. The molecule has 4 rings (SSSR count). The van der Waals surface area contributed by atoms with Crippen LogP contribution in [0.2, 0.25) is 0 Å². The fourth-order valence-electron chi connectivity index (χ4n) is 3.31. The number of nitrogens with zero attached hydrogens (tertiary/aromatic N) is 2. The maximum absolute atomic E-state index is 13.5. The van der Waals surface area contributed by atoms with Gasteiger partial charge in [-0.15, -0.1) is 0 Å². The summed E-state index contributed by atoms with van der Waals surface area (Å²) in [4.78, 5) is 25.7. The highest BCUT2D eigenvalue weighted by Crippen LogP contribution is 2.30. The average molecular weight is 474 g/mol. The van der Waals surface area contributed by atoms with Gasteiger partial charge in [0.15, 0.2) is 11.4 Å². The highest BCUT2D eigenvalue weighted by atomic mass is 19.1. The molecule has 1 amide bonds. The molecule has 0 aliphatic carbocycles. The van der Waals surface area contributed by atoms with Crippen LogP contribution in [-0.2, 0) is 0 Å². The van der Waals surface area contributed by atoms with E-state index in [0.29, 0.717) is 35.0 Å². The molecule has 0 fully saturated rings. The molecule has 0 spiro atoms. The molecular formula is C26H23FN4O4. The summed E-state index contributed by atoms with van der Waals surface area (Å²) in [6, 6.07) is 19.0. The van der Waals surface area contributed by atoms with Gasteiger partial charge in [0.1, 0.15) is 17.3 Å².